The minimum absolute atomic E-state index is 0.115. The maximum absolute atomic E-state index is 12.4. The molecule has 0 bridgehead atoms. The van der Waals surface area contributed by atoms with Crippen molar-refractivity contribution in [3.63, 3.8) is 0 Å². The maximum atomic E-state index is 12.4. The molecule has 0 spiro atoms. The molecule has 0 amide bonds. The van der Waals surface area contributed by atoms with Gasteiger partial charge in [0.05, 0.1) is 12.5 Å². The Hall–Kier alpha value is -2.69. The van der Waals surface area contributed by atoms with E-state index in [2.05, 4.69) is 4.99 Å². The van der Waals surface area contributed by atoms with Gasteiger partial charge in [-0.2, -0.15) is 0 Å². The number of hydrogen-bond acceptors (Lipinski definition) is 8. The molecule has 0 fully saturated rings. The number of amidine groups is 1. The van der Waals surface area contributed by atoms with Crippen molar-refractivity contribution in [1.82, 2.24) is 0 Å². The molecule has 0 aliphatic carbocycles. The van der Waals surface area contributed by atoms with Crippen LogP contribution in [0.3, 0.4) is 0 Å². The Kier molecular flexibility index (Phi) is 7.77. The molecule has 0 saturated carbocycles. The number of carbonyl (C=O) groups excluding carboxylic acids is 1. The molecule has 10 heteroatoms. The summed E-state index contributed by atoms with van der Waals surface area (Å²) in [5.41, 5.74) is 12.2. The summed E-state index contributed by atoms with van der Waals surface area (Å²) in [7, 11) is 0. The van der Waals surface area contributed by atoms with Gasteiger partial charge >= 0.3 is 11.9 Å². The Morgan fingerprint density at radius 2 is 2.00 bits per heavy atom. The first-order valence-corrected chi connectivity index (χ1v) is 9.69. The van der Waals surface area contributed by atoms with Gasteiger partial charge in [0.25, 0.3) is 0 Å². The van der Waals surface area contributed by atoms with E-state index in [-0.39, 0.29) is 23.1 Å². The molecule has 1 aromatic rings. The van der Waals surface area contributed by atoms with Crippen LogP contribution in [0.2, 0.25) is 0 Å². The van der Waals surface area contributed by atoms with Crippen LogP contribution in [0.25, 0.3) is 0 Å². The lowest BCUT2D eigenvalue weighted by atomic mass is 9.90. The Balaban J connectivity index is 2.25. The summed E-state index contributed by atoms with van der Waals surface area (Å²) in [5, 5.41) is 39.1. The molecule has 5 atom stereocenters. The van der Waals surface area contributed by atoms with Gasteiger partial charge in [-0.05, 0) is 24.0 Å². The van der Waals surface area contributed by atoms with Crippen molar-refractivity contribution >= 4 is 17.8 Å². The number of nitrogens with zero attached hydrogens (tertiary/aromatic N) is 1. The zero-order valence-electron chi connectivity index (χ0n) is 16.9. The average molecular weight is 423 g/mol. The first-order valence-electron chi connectivity index (χ1n) is 9.69. The number of aliphatic hydroxyl groups is 2. The first kappa shape index (κ1) is 23.6. The number of carbonyl (C=O) groups is 2. The molecule has 10 nitrogen and oxygen atoms in total. The number of hydrogen-bond donors (Lipinski definition) is 6. The van der Waals surface area contributed by atoms with E-state index in [1.807, 2.05) is 13.8 Å². The van der Waals surface area contributed by atoms with Crippen LogP contribution in [-0.2, 0) is 16.0 Å². The van der Waals surface area contributed by atoms with Crippen LogP contribution in [0.5, 0.6) is 5.75 Å². The summed E-state index contributed by atoms with van der Waals surface area (Å²) in [6, 6.07) is 2.88. The van der Waals surface area contributed by atoms with E-state index in [4.69, 9.17) is 21.3 Å². The molecule has 0 unspecified atom stereocenters. The number of aliphatic imine (C=N–C) groups is 1. The number of phenolic OH excluding ortho intramolecular Hbond substituents is 1. The number of phenols is 1. The molecule has 0 aromatic heterocycles. The second kappa shape index (κ2) is 9.88. The molecule has 166 valence electrons. The number of esters is 1. The minimum atomic E-state index is -1.68. The van der Waals surface area contributed by atoms with E-state index in [9.17, 15) is 24.9 Å². The summed E-state index contributed by atoms with van der Waals surface area (Å²) < 4.78 is 5.49. The zero-order valence-corrected chi connectivity index (χ0v) is 16.9. The maximum Gasteiger partial charge on any atom is 0.342 e. The van der Waals surface area contributed by atoms with Crippen molar-refractivity contribution in [2.45, 2.75) is 63.5 Å². The number of cyclic esters (lactones) is 1. The highest BCUT2D eigenvalue weighted by Gasteiger charge is 2.35. The quantitative estimate of drug-likeness (QED) is 0.177. The highest BCUT2D eigenvalue weighted by atomic mass is 16.5. The molecule has 0 saturated heterocycles. The van der Waals surface area contributed by atoms with Crippen molar-refractivity contribution < 1.29 is 34.8 Å². The summed E-state index contributed by atoms with van der Waals surface area (Å²) >= 11 is 0. The SMILES string of the molecule is CC(C)C[C@H](N=C(N)[C@H](O)[C@H](O)[C@H](N)CC(=O)O)[C@H]1Cc2cccc(O)c2C(=O)O1. The van der Waals surface area contributed by atoms with Gasteiger partial charge in [-0.3, -0.25) is 9.79 Å². The Labute approximate surface area is 174 Å². The van der Waals surface area contributed by atoms with Crippen molar-refractivity contribution in [1.29, 1.82) is 0 Å². The summed E-state index contributed by atoms with van der Waals surface area (Å²) in [6.07, 6.45) is -3.79. The van der Waals surface area contributed by atoms with Gasteiger partial charge in [0.2, 0.25) is 0 Å². The largest absolute Gasteiger partial charge is 0.507 e. The van der Waals surface area contributed by atoms with E-state index in [0.29, 0.717) is 18.4 Å². The van der Waals surface area contributed by atoms with Gasteiger partial charge in [-0.1, -0.05) is 26.0 Å². The fourth-order valence-electron chi connectivity index (χ4n) is 3.43. The van der Waals surface area contributed by atoms with Crippen molar-refractivity contribution in [2.75, 3.05) is 0 Å². The number of carboxylic acids is 1. The second-order valence-corrected chi connectivity index (χ2v) is 7.91. The smallest absolute Gasteiger partial charge is 0.342 e. The highest BCUT2D eigenvalue weighted by molar-refractivity contribution is 5.95. The first-order chi connectivity index (χ1) is 14.0. The zero-order chi connectivity index (χ0) is 22.6. The summed E-state index contributed by atoms with van der Waals surface area (Å²) in [6.45, 7) is 3.88. The summed E-state index contributed by atoms with van der Waals surface area (Å²) in [5.74, 6) is -2.24. The van der Waals surface area contributed by atoms with Gasteiger partial charge in [0.15, 0.2) is 0 Å². The summed E-state index contributed by atoms with van der Waals surface area (Å²) in [4.78, 5) is 27.5. The number of rotatable bonds is 9. The fourth-order valence-corrected chi connectivity index (χ4v) is 3.43. The molecule has 2 rings (SSSR count). The Morgan fingerprint density at radius 3 is 2.60 bits per heavy atom. The van der Waals surface area contributed by atoms with Crippen LogP contribution in [0.4, 0.5) is 0 Å². The minimum Gasteiger partial charge on any atom is -0.507 e. The number of aliphatic carboxylic acids is 1. The van der Waals surface area contributed by atoms with Crippen LogP contribution >= 0.6 is 0 Å². The lowest BCUT2D eigenvalue weighted by Gasteiger charge is -2.31. The average Bonchev–Trinajstić information content (AvgIpc) is 2.65. The van der Waals surface area contributed by atoms with E-state index >= 15 is 0 Å². The van der Waals surface area contributed by atoms with E-state index in [1.54, 1.807) is 12.1 Å². The van der Waals surface area contributed by atoms with Crippen LogP contribution in [-0.4, -0.2) is 68.6 Å². The topological polar surface area (TPSA) is 189 Å². The third kappa shape index (κ3) is 5.68. The van der Waals surface area contributed by atoms with Gasteiger partial charge in [0.1, 0.15) is 35.5 Å². The fraction of sp³-hybridized carbons (Fsp3) is 0.550. The van der Waals surface area contributed by atoms with Crippen molar-refractivity contribution in [2.24, 2.45) is 22.4 Å². The van der Waals surface area contributed by atoms with Crippen molar-refractivity contribution in [3.05, 3.63) is 29.3 Å². The van der Waals surface area contributed by atoms with Crippen LogP contribution in [0, 0.1) is 5.92 Å². The number of aliphatic hydroxyl groups excluding tert-OH is 2. The number of fused-ring (bicyclic) bond motifs is 1. The number of nitrogens with two attached hydrogens (primary N) is 2. The molecule has 1 aliphatic rings. The van der Waals surface area contributed by atoms with Crippen LogP contribution < -0.4 is 11.5 Å². The monoisotopic (exact) mass is 423 g/mol. The van der Waals surface area contributed by atoms with E-state index in [0.717, 1.165) is 0 Å². The molecule has 1 heterocycles. The third-order valence-electron chi connectivity index (χ3n) is 4.94. The predicted octanol–water partition coefficient (Wildman–Crippen LogP) is -0.231. The third-order valence-corrected chi connectivity index (χ3v) is 4.94. The Bertz CT molecular complexity index is 812. The van der Waals surface area contributed by atoms with Gasteiger partial charge in [-0.25, -0.2) is 4.79 Å². The van der Waals surface area contributed by atoms with Crippen molar-refractivity contribution in [3.8, 4) is 5.75 Å². The van der Waals surface area contributed by atoms with Crippen LogP contribution in [0.1, 0.15) is 42.6 Å². The molecule has 1 aliphatic heterocycles. The predicted molar refractivity (Wildman–Crippen MR) is 108 cm³/mol. The molecule has 0 radical (unpaired) electrons. The lowest BCUT2D eigenvalue weighted by Crippen LogP contribution is -2.50. The number of aromatic hydroxyl groups is 1. The molecule has 30 heavy (non-hydrogen) atoms. The lowest BCUT2D eigenvalue weighted by molar-refractivity contribution is -0.138. The second-order valence-electron chi connectivity index (χ2n) is 7.91. The van der Waals surface area contributed by atoms with Gasteiger partial charge in [-0.15, -0.1) is 0 Å². The Morgan fingerprint density at radius 1 is 1.33 bits per heavy atom. The van der Waals surface area contributed by atoms with Gasteiger partial charge in [0, 0.05) is 12.5 Å². The normalized spacial score (nSPS) is 20.8. The molecular weight excluding hydrogens is 394 g/mol. The number of ether oxygens (including phenoxy) is 1. The number of carboxylic acid groups (broad SMARTS) is 1. The van der Waals surface area contributed by atoms with Crippen LogP contribution in [0.15, 0.2) is 23.2 Å². The highest BCUT2D eigenvalue weighted by Crippen LogP contribution is 2.31. The molecule has 8 N–H and O–H groups in total. The standard InChI is InChI=1S/C20H29N3O7/c1-9(2)6-12(23-19(22)18(28)17(27)11(21)8-15(25)26)14-7-10-4-3-5-13(24)16(10)20(29)30-14/h3-5,9,11-12,14,17-18,24,27-28H,6-8,21H2,1-2H3,(H2,22,23)(H,25,26)/t11-,12+,14-,17-,18-/m1/s1. The van der Waals surface area contributed by atoms with E-state index in [1.165, 1.54) is 6.07 Å². The number of benzene rings is 1. The molecular formula is C20H29N3O7. The van der Waals surface area contributed by atoms with E-state index < -0.39 is 48.8 Å². The van der Waals surface area contributed by atoms with Gasteiger partial charge < -0.3 is 36.6 Å². The molecule has 1 aromatic carbocycles.